The van der Waals surface area contributed by atoms with Crippen molar-refractivity contribution in [1.29, 1.82) is 0 Å². The maximum atomic E-state index is 12.7. The minimum Gasteiger partial charge on any atom is -0.411 e. The Hall–Kier alpha value is -1.05. The number of hydrogen-bond donors (Lipinski definition) is 2. The predicted octanol–water partition coefficient (Wildman–Crippen LogP) is 3.53. The molecule has 2 N–H and O–H groups in total. The van der Waals surface area contributed by atoms with Gasteiger partial charge in [-0.05, 0) is 28.2 Å². The SMILES string of the molecule is CC(C)(C)[SiH](OC1C(O[Si](C)(C)C(C)(C)C)[C@@H](n2ccc(=O)[nH]c2=O)O[C@H]1CO)C(C)(C)C. The lowest BCUT2D eigenvalue weighted by Gasteiger charge is -2.44. The van der Waals surface area contributed by atoms with Gasteiger partial charge in [0.15, 0.2) is 23.6 Å². The molecule has 0 bridgehead atoms. The minimum atomic E-state index is -2.31. The molecule has 0 aliphatic carbocycles. The van der Waals surface area contributed by atoms with Crippen LogP contribution < -0.4 is 11.2 Å². The molecule has 2 unspecified atom stereocenters. The van der Waals surface area contributed by atoms with Gasteiger partial charge in [-0.3, -0.25) is 14.3 Å². The van der Waals surface area contributed by atoms with E-state index in [1.807, 2.05) is 0 Å². The summed E-state index contributed by atoms with van der Waals surface area (Å²) in [6.45, 7) is 23.6. The van der Waals surface area contributed by atoms with Gasteiger partial charge in [0.2, 0.25) is 0 Å². The summed E-state index contributed by atoms with van der Waals surface area (Å²) in [6.07, 6.45) is -1.19. The maximum absolute atomic E-state index is 12.7. The first-order chi connectivity index (χ1) is 14.8. The molecule has 0 amide bonds. The first kappa shape index (κ1) is 28.2. The molecule has 1 fully saturated rings. The Labute approximate surface area is 200 Å². The number of H-pyrrole nitrogens is 1. The van der Waals surface area contributed by atoms with E-state index in [0.29, 0.717) is 0 Å². The predicted molar refractivity (Wildman–Crippen MR) is 136 cm³/mol. The van der Waals surface area contributed by atoms with Gasteiger partial charge in [0, 0.05) is 12.3 Å². The summed E-state index contributed by atoms with van der Waals surface area (Å²) in [5.41, 5.74) is -1.05. The quantitative estimate of drug-likeness (QED) is 0.579. The highest BCUT2D eigenvalue weighted by atomic mass is 28.4. The van der Waals surface area contributed by atoms with Crippen LogP contribution in [0.2, 0.25) is 28.2 Å². The maximum Gasteiger partial charge on any atom is 0.330 e. The molecule has 1 aromatic heterocycles. The highest BCUT2D eigenvalue weighted by molar-refractivity contribution is 6.74. The Morgan fingerprint density at radius 1 is 1.06 bits per heavy atom. The molecular formula is C23H44N2O6Si2. The molecule has 2 rings (SSSR count). The molecule has 10 heteroatoms. The van der Waals surface area contributed by atoms with Gasteiger partial charge in [-0.15, -0.1) is 0 Å². The van der Waals surface area contributed by atoms with Crippen LogP contribution in [-0.2, 0) is 13.6 Å². The summed E-state index contributed by atoms with van der Waals surface area (Å²) in [5.74, 6) is 0. The lowest BCUT2D eigenvalue weighted by atomic mass is 10.1. The van der Waals surface area contributed by atoms with Crippen LogP contribution in [0.4, 0.5) is 0 Å². The van der Waals surface area contributed by atoms with Crippen LogP contribution in [-0.4, -0.2) is 56.9 Å². The van der Waals surface area contributed by atoms with Gasteiger partial charge in [0.05, 0.1) is 6.61 Å². The van der Waals surface area contributed by atoms with Crippen LogP contribution in [0.1, 0.15) is 68.5 Å². The second-order valence-corrected chi connectivity index (χ2v) is 22.1. The number of aromatic amines is 1. The molecule has 1 aromatic rings. The highest BCUT2D eigenvalue weighted by Crippen LogP contribution is 2.47. The number of ether oxygens (including phenoxy) is 1. The van der Waals surface area contributed by atoms with Crippen molar-refractivity contribution in [2.75, 3.05) is 6.61 Å². The van der Waals surface area contributed by atoms with Gasteiger partial charge in [-0.25, -0.2) is 4.79 Å². The average Bonchev–Trinajstić information content (AvgIpc) is 2.93. The van der Waals surface area contributed by atoms with E-state index in [0.717, 1.165) is 0 Å². The van der Waals surface area contributed by atoms with Crippen molar-refractivity contribution >= 4 is 17.4 Å². The molecule has 0 spiro atoms. The average molecular weight is 501 g/mol. The van der Waals surface area contributed by atoms with Crippen LogP contribution in [0.15, 0.2) is 21.9 Å². The van der Waals surface area contributed by atoms with Crippen molar-refractivity contribution in [3.63, 3.8) is 0 Å². The van der Waals surface area contributed by atoms with Gasteiger partial charge >= 0.3 is 5.69 Å². The molecule has 1 aliphatic rings. The molecule has 4 atom stereocenters. The summed E-state index contributed by atoms with van der Waals surface area (Å²) < 4.78 is 21.3. The standard InChI is InChI=1S/C23H44N2O6Si2/c1-21(2,3)32(22(4,5)6)30-17-15(14-26)29-19(25-13-12-16(27)24-20(25)28)18(17)31-33(10,11)23(7,8)9/h12-13,15,17-19,26,32H,14H2,1-11H3,(H,24,27,28)/t15-,17?,18?,19-/m0/s1. The number of aromatic nitrogens is 2. The Bertz CT molecular complexity index is 909. The first-order valence-corrected chi connectivity index (χ1v) is 16.2. The fourth-order valence-electron chi connectivity index (χ4n) is 4.38. The highest BCUT2D eigenvalue weighted by Gasteiger charge is 2.53. The fraction of sp³-hybridized carbons (Fsp3) is 0.826. The molecular weight excluding hydrogens is 456 g/mol. The minimum absolute atomic E-state index is 0.0489. The number of hydrogen-bond acceptors (Lipinski definition) is 6. The van der Waals surface area contributed by atoms with Crippen LogP contribution in [0.3, 0.4) is 0 Å². The van der Waals surface area contributed by atoms with Crippen molar-refractivity contribution < 1.29 is 18.7 Å². The number of rotatable bonds is 6. The number of aliphatic hydroxyl groups is 1. The summed E-state index contributed by atoms with van der Waals surface area (Å²) in [5, 5.41) is 10.0. The van der Waals surface area contributed by atoms with E-state index in [2.05, 4.69) is 80.4 Å². The molecule has 190 valence electrons. The van der Waals surface area contributed by atoms with Crippen molar-refractivity contribution in [3.05, 3.63) is 33.1 Å². The fourth-order valence-corrected chi connectivity index (χ4v) is 9.72. The Balaban J connectivity index is 2.61. The van der Waals surface area contributed by atoms with Crippen molar-refractivity contribution in [1.82, 2.24) is 9.55 Å². The first-order valence-electron chi connectivity index (χ1n) is 11.7. The number of nitrogens with zero attached hydrogens (tertiary/aromatic N) is 1. The van der Waals surface area contributed by atoms with Crippen molar-refractivity contribution in [2.45, 2.75) is 115 Å². The number of nitrogens with one attached hydrogen (secondary N) is 1. The second-order valence-electron chi connectivity index (χ2n) is 12.8. The van der Waals surface area contributed by atoms with Gasteiger partial charge in [0.25, 0.3) is 5.56 Å². The van der Waals surface area contributed by atoms with Gasteiger partial charge < -0.3 is 18.7 Å². The van der Waals surface area contributed by atoms with Gasteiger partial charge in [-0.2, -0.15) is 0 Å². The van der Waals surface area contributed by atoms with Gasteiger partial charge in [0.1, 0.15) is 18.3 Å². The Morgan fingerprint density at radius 2 is 1.61 bits per heavy atom. The second kappa shape index (κ2) is 9.54. The van der Waals surface area contributed by atoms with E-state index < -0.39 is 53.1 Å². The Morgan fingerprint density at radius 3 is 2.03 bits per heavy atom. The lowest BCUT2D eigenvalue weighted by Crippen LogP contribution is -2.53. The molecule has 0 aromatic carbocycles. The summed E-state index contributed by atoms with van der Waals surface area (Å²) in [7, 11) is -4.22. The lowest BCUT2D eigenvalue weighted by molar-refractivity contribution is -0.0529. The van der Waals surface area contributed by atoms with E-state index in [1.54, 1.807) is 0 Å². The zero-order valence-electron chi connectivity index (χ0n) is 22.2. The molecule has 0 radical (unpaired) electrons. The van der Waals surface area contributed by atoms with Crippen molar-refractivity contribution in [2.24, 2.45) is 0 Å². The molecule has 8 nitrogen and oxygen atoms in total. The summed E-state index contributed by atoms with van der Waals surface area (Å²) in [4.78, 5) is 26.6. The van der Waals surface area contributed by atoms with Gasteiger partial charge in [-0.1, -0.05) is 62.3 Å². The molecule has 33 heavy (non-hydrogen) atoms. The van der Waals surface area contributed by atoms with E-state index in [-0.39, 0.29) is 21.7 Å². The largest absolute Gasteiger partial charge is 0.411 e. The van der Waals surface area contributed by atoms with Crippen LogP contribution in [0.25, 0.3) is 0 Å². The third kappa shape index (κ3) is 6.34. The zero-order valence-corrected chi connectivity index (χ0v) is 24.3. The van der Waals surface area contributed by atoms with E-state index in [9.17, 15) is 14.7 Å². The summed E-state index contributed by atoms with van der Waals surface area (Å²) >= 11 is 0. The monoisotopic (exact) mass is 500 g/mol. The zero-order chi connectivity index (χ0) is 25.6. The molecule has 1 saturated heterocycles. The molecule has 1 aliphatic heterocycles. The molecule has 2 heterocycles. The summed E-state index contributed by atoms with van der Waals surface area (Å²) in [6, 6.07) is 1.29. The topological polar surface area (TPSA) is 103 Å². The van der Waals surface area contributed by atoms with E-state index in [1.165, 1.54) is 16.8 Å². The third-order valence-electron chi connectivity index (χ3n) is 6.69. The van der Waals surface area contributed by atoms with Crippen LogP contribution in [0.5, 0.6) is 0 Å². The van der Waals surface area contributed by atoms with Crippen molar-refractivity contribution in [3.8, 4) is 0 Å². The third-order valence-corrected chi connectivity index (χ3v) is 14.9. The van der Waals surface area contributed by atoms with Crippen LogP contribution >= 0.6 is 0 Å². The molecule has 0 saturated carbocycles. The number of aliphatic hydroxyl groups excluding tert-OH is 1. The van der Waals surface area contributed by atoms with E-state index in [4.69, 9.17) is 13.6 Å². The smallest absolute Gasteiger partial charge is 0.330 e. The van der Waals surface area contributed by atoms with Crippen LogP contribution in [0, 0.1) is 0 Å². The Kier molecular flexibility index (Phi) is 8.15. The normalized spacial score (nSPS) is 25.1. The van der Waals surface area contributed by atoms with E-state index >= 15 is 0 Å².